The van der Waals surface area contributed by atoms with Crippen LogP contribution in [0, 0.1) is 6.92 Å². The van der Waals surface area contributed by atoms with Crippen LogP contribution in [0.5, 0.6) is 0 Å². The minimum absolute atomic E-state index is 0.121. The third kappa shape index (κ3) is 2.46. The van der Waals surface area contributed by atoms with Crippen LogP contribution < -0.4 is 5.32 Å². The summed E-state index contributed by atoms with van der Waals surface area (Å²) in [5.41, 5.74) is 3.25. The zero-order chi connectivity index (χ0) is 14.1. The smallest absolute Gasteiger partial charge is 0.134 e. The van der Waals surface area contributed by atoms with E-state index >= 15 is 0 Å². The first-order valence-electron chi connectivity index (χ1n) is 6.65. The Balaban J connectivity index is 1.89. The molecule has 3 rings (SSSR count). The number of hydrogen-bond acceptors (Lipinski definition) is 2. The van der Waals surface area contributed by atoms with Gasteiger partial charge in [-0.25, -0.2) is 0 Å². The molecule has 3 heteroatoms. The van der Waals surface area contributed by atoms with E-state index in [9.17, 15) is 0 Å². The summed E-state index contributed by atoms with van der Waals surface area (Å²) in [4.78, 5) is 0. The molecule has 2 nitrogen and oxygen atoms in total. The van der Waals surface area contributed by atoms with Crippen molar-refractivity contribution in [3.63, 3.8) is 0 Å². The molecule has 3 aromatic rings. The SMILES string of the molecule is Cc1c(Br)cccc1NC(C)c1cc2ccccc2o1. The van der Waals surface area contributed by atoms with Crippen molar-refractivity contribution < 1.29 is 4.42 Å². The number of rotatable bonds is 3. The van der Waals surface area contributed by atoms with Gasteiger partial charge in [0.05, 0.1) is 6.04 Å². The summed E-state index contributed by atoms with van der Waals surface area (Å²) in [5.74, 6) is 0.950. The van der Waals surface area contributed by atoms with Crippen LogP contribution in [0.3, 0.4) is 0 Å². The largest absolute Gasteiger partial charge is 0.459 e. The molecule has 1 N–H and O–H groups in total. The Labute approximate surface area is 126 Å². The Bertz CT molecular complexity index is 715. The van der Waals surface area contributed by atoms with Crippen molar-refractivity contribution in [2.45, 2.75) is 19.9 Å². The molecule has 0 aliphatic heterocycles. The lowest BCUT2D eigenvalue weighted by Gasteiger charge is -2.15. The highest BCUT2D eigenvalue weighted by molar-refractivity contribution is 9.10. The topological polar surface area (TPSA) is 25.2 Å². The Kier molecular flexibility index (Phi) is 3.53. The normalized spacial score (nSPS) is 12.6. The van der Waals surface area contributed by atoms with Gasteiger partial charge >= 0.3 is 0 Å². The second-order valence-corrected chi connectivity index (χ2v) is 5.82. The number of halogens is 1. The maximum atomic E-state index is 5.90. The Morgan fingerprint density at radius 3 is 2.70 bits per heavy atom. The van der Waals surface area contributed by atoms with Gasteiger partial charge in [0.1, 0.15) is 11.3 Å². The van der Waals surface area contributed by atoms with Crippen molar-refractivity contribution in [2.24, 2.45) is 0 Å². The minimum atomic E-state index is 0.121. The quantitative estimate of drug-likeness (QED) is 0.669. The molecule has 1 atom stereocenters. The predicted octanol–water partition coefficient (Wildman–Crippen LogP) is 5.68. The average Bonchev–Trinajstić information content (AvgIpc) is 2.88. The van der Waals surface area contributed by atoms with E-state index in [-0.39, 0.29) is 6.04 Å². The first kappa shape index (κ1) is 13.3. The van der Waals surface area contributed by atoms with Gasteiger partial charge in [-0.05, 0) is 43.7 Å². The number of furan rings is 1. The Morgan fingerprint density at radius 1 is 1.10 bits per heavy atom. The summed E-state index contributed by atoms with van der Waals surface area (Å²) in [6.45, 7) is 4.20. The molecule has 20 heavy (non-hydrogen) atoms. The van der Waals surface area contributed by atoms with Crippen LogP contribution in [0.15, 0.2) is 57.4 Å². The molecule has 0 amide bonds. The van der Waals surface area contributed by atoms with Gasteiger partial charge in [0.25, 0.3) is 0 Å². The van der Waals surface area contributed by atoms with E-state index < -0.39 is 0 Å². The van der Waals surface area contributed by atoms with Crippen LogP contribution in [0.1, 0.15) is 24.3 Å². The molecule has 0 bridgehead atoms. The molecule has 102 valence electrons. The number of hydrogen-bond donors (Lipinski definition) is 1. The fourth-order valence-electron chi connectivity index (χ4n) is 2.28. The fraction of sp³-hybridized carbons (Fsp3) is 0.176. The summed E-state index contributed by atoms with van der Waals surface area (Å²) in [6.07, 6.45) is 0. The third-order valence-electron chi connectivity index (χ3n) is 3.51. The number of para-hydroxylation sites is 1. The second-order valence-electron chi connectivity index (χ2n) is 4.97. The summed E-state index contributed by atoms with van der Waals surface area (Å²) >= 11 is 3.56. The first-order chi connectivity index (χ1) is 9.65. The molecule has 1 heterocycles. The van der Waals surface area contributed by atoms with E-state index in [0.717, 1.165) is 26.9 Å². The van der Waals surface area contributed by atoms with Crippen molar-refractivity contribution in [3.05, 3.63) is 64.3 Å². The molecule has 0 radical (unpaired) electrons. The highest BCUT2D eigenvalue weighted by Crippen LogP contribution is 2.29. The lowest BCUT2D eigenvalue weighted by molar-refractivity contribution is 0.526. The van der Waals surface area contributed by atoms with Gasteiger partial charge in [0.15, 0.2) is 0 Å². The maximum absolute atomic E-state index is 5.90. The van der Waals surface area contributed by atoms with Gasteiger partial charge in [0.2, 0.25) is 0 Å². The van der Waals surface area contributed by atoms with Crippen LogP contribution in [0.2, 0.25) is 0 Å². The number of benzene rings is 2. The van der Waals surface area contributed by atoms with Crippen LogP contribution in [0.4, 0.5) is 5.69 Å². The van der Waals surface area contributed by atoms with E-state index in [1.54, 1.807) is 0 Å². The molecular weight excluding hydrogens is 314 g/mol. The highest BCUT2D eigenvalue weighted by atomic mass is 79.9. The Morgan fingerprint density at radius 2 is 1.90 bits per heavy atom. The van der Waals surface area contributed by atoms with Gasteiger partial charge in [0, 0.05) is 15.5 Å². The number of fused-ring (bicyclic) bond motifs is 1. The van der Waals surface area contributed by atoms with E-state index in [0.29, 0.717) is 0 Å². The van der Waals surface area contributed by atoms with Gasteiger partial charge in [-0.3, -0.25) is 0 Å². The van der Waals surface area contributed by atoms with Crippen molar-refractivity contribution in [3.8, 4) is 0 Å². The molecule has 2 aromatic carbocycles. The summed E-state index contributed by atoms with van der Waals surface area (Å²) < 4.78 is 7.01. The first-order valence-corrected chi connectivity index (χ1v) is 7.44. The standard InChI is InChI=1S/C17H16BrNO/c1-11-14(18)7-5-8-15(11)19-12(2)17-10-13-6-3-4-9-16(13)20-17/h3-10,12,19H,1-2H3. The zero-order valence-electron chi connectivity index (χ0n) is 11.5. The van der Waals surface area contributed by atoms with Gasteiger partial charge in [-0.2, -0.15) is 0 Å². The lowest BCUT2D eigenvalue weighted by Crippen LogP contribution is -2.06. The van der Waals surface area contributed by atoms with E-state index in [4.69, 9.17) is 4.42 Å². The maximum Gasteiger partial charge on any atom is 0.134 e. The molecule has 0 spiro atoms. The van der Waals surface area contributed by atoms with Gasteiger partial charge in [-0.15, -0.1) is 0 Å². The molecule has 0 fully saturated rings. The van der Waals surface area contributed by atoms with Crippen LogP contribution in [-0.2, 0) is 0 Å². The highest BCUT2D eigenvalue weighted by Gasteiger charge is 2.12. The zero-order valence-corrected chi connectivity index (χ0v) is 13.1. The average molecular weight is 330 g/mol. The monoisotopic (exact) mass is 329 g/mol. The summed E-state index contributed by atoms with van der Waals surface area (Å²) in [6, 6.07) is 16.5. The van der Waals surface area contributed by atoms with Gasteiger partial charge < -0.3 is 9.73 Å². The molecule has 1 aromatic heterocycles. The van der Waals surface area contributed by atoms with E-state index in [1.165, 1.54) is 5.56 Å². The molecule has 0 saturated carbocycles. The summed E-state index contributed by atoms with van der Waals surface area (Å²) in [5, 5.41) is 4.65. The molecule has 0 aliphatic carbocycles. The number of nitrogens with one attached hydrogen (secondary N) is 1. The van der Waals surface area contributed by atoms with Gasteiger partial charge in [-0.1, -0.05) is 40.2 Å². The van der Waals surface area contributed by atoms with Crippen LogP contribution >= 0.6 is 15.9 Å². The molecular formula is C17H16BrNO. The predicted molar refractivity (Wildman–Crippen MR) is 87.1 cm³/mol. The second kappa shape index (κ2) is 5.33. The summed E-state index contributed by atoms with van der Waals surface area (Å²) in [7, 11) is 0. The number of anilines is 1. The molecule has 1 unspecified atom stereocenters. The van der Waals surface area contributed by atoms with Crippen molar-refractivity contribution in [1.29, 1.82) is 0 Å². The van der Waals surface area contributed by atoms with Crippen LogP contribution in [0.25, 0.3) is 11.0 Å². The van der Waals surface area contributed by atoms with E-state index in [1.807, 2.05) is 30.3 Å². The third-order valence-corrected chi connectivity index (χ3v) is 4.37. The van der Waals surface area contributed by atoms with E-state index in [2.05, 4.69) is 53.3 Å². The Hall–Kier alpha value is -1.74. The fourth-order valence-corrected chi connectivity index (χ4v) is 2.65. The minimum Gasteiger partial charge on any atom is -0.459 e. The van der Waals surface area contributed by atoms with Crippen molar-refractivity contribution in [2.75, 3.05) is 5.32 Å². The van der Waals surface area contributed by atoms with Crippen molar-refractivity contribution in [1.82, 2.24) is 0 Å². The van der Waals surface area contributed by atoms with Crippen LogP contribution in [-0.4, -0.2) is 0 Å². The van der Waals surface area contributed by atoms with Crippen molar-refractivity contribution >= 4 is 32.6 Å². The molecule has 0 aliphatic rings. The lowest BCUT2D eigenvalue weighted by atomic mass is 10.1. The molecule has 0 saturated heterocycles.